The number of ether oxygens (including phenoxy) is 1. The van der Waals surface area contributed by atoms with E-state index in [9.17, 15) is 4.79 Å². The van der Waals surface area contributed by atoms with Gasteiger partial charge in [0.15, 0.2) is 0 Å². The minimum atomic E-state index is -0.177. The van der Waals surface area contributed by atoms with Gasteiger partial charge in [-0.05, 0) is 23.9 Å². The molecule has 0 fully saturated rings. The molecule has 92 valence electrons. The Morgan fingerprint density at radius 3 is 3.06 bits per heavy atom. The first kappa shape index (κ1) is 11.5. The number of carbonyl (C=O) groups excluding carboxylic acids is 1. The molecule has 3 rings (SSSR count). The highest BCUT2D eigenvalue weighted by Crippen LogP contribution is 2.29. The number of benzene rings is 1. The van der Waals surface area contributed by atoms with Crippen molar-refractivity contribution in [2.75, 3.05) is 5.75 Å². The first-order chi connectivity index (χ1) is 8.79. The molecule has 0 saturated carbocycles. The van der Waals surface area contributed by atoms with Crippen molar-refractivity contribution in [2.45, 2.75) is 24.6 Å². The number of esters is 1. The molecule has 2 heterocycles. The van der Waals surface area contributed by atoms with E-state index >= 15 is 0 Å². The van der Waals surface area contributed by atoms with Crippen LogP contribution >= 0.6 is 11.8 Å². The van der Waals surface area contributed by atoms with Gasteiger partial charge >= 0.3 is 12.2 Å². The van der Waals surface area contributed by atoms with Crippen LogP contribution < -0.4 is 4.57 Å². The number of hydrogen-bond donors (Lipinski definition) is 0. The van der Waals surface area contributed by atoms with Crippen LogP contribution in [0.15, 0.2) is 41.4 Å². The Balaban J connectivity index is 2.08. The number of thioether (sulfide) groups is 1. The number of aromatic nitrogens is 1. The second-order valence-corrected chi connectivity index (χ2v) is 5.25. The zero-order valence-electron chi connectivity index (χ0n) is 10.1. The van der Waals surface area contributed by atoms with E-state index in [1.807, 2.05) is 19.1 Å². The summed E-state index contributed by atoms with van der Waals surface area (Å²) < 4.78 is 7.62. The van der Waals surface area contributed by atoms with E-state index in [0.29, 0.717) is 6.42 Å². The zero-order valence-corrected chi connectivity index (χ0v) is 10.9. The summed E-state index contributed by atoms with van der Waals surface area (Å²) in [6.07, 6.45) is 0.241. The van der Waals surface area contributed by atoms with E-state index in [2.05, 4.69) is 28.8 Å². The van der Waals surface area contributed by atoms with Crippen molar-refractivity contribution in [2.24, 2.45) is 0 Å². The molecule has 18 heavy (non-hydrogen) atoms. The van der Waals surface area contributed by atoms with Gasteiger partial charge in [0.1, 0.15) is 5.75 Å². The predicted molar refractivity (Wildman–Crippen MR) is 70.3 cm³/mol. The quantitative estimate of drug-likeness (QED) is 0.614. The van der Waals surface area contributed by atoms with Crippen molar-refractivity contribution < 1.29 is 14.1 Å². The average Bonchev–Trinajstić information content (AvgIpc) is 2.82. The summed E-state index contributed by atoms with van der Waals surface area (Å²) in [5, 5.41) is 2.32. The van der Waals surface area contributed by atoms with Gasteiger partial charge in [-0.3, -0.25) is 4.79 Å². The van der Waals surface area contributed by atoms with Gasteiger partial charge in [0.2, 0.25) is 10.5 Å². The molecule has 1 aliphatic rings. The van der Waals surface area contributed by atoms with Crippen LogP contribution in [0.25, 0.3) is 10.9 Å². The van der Waals surface area contributed by atoms with Crippen LogP contribution in [0, 0.1) is 0 Å². The molecule has 0 bridgehead atoms. The number of pyridine rings is 1. The standard InChI is InChI=1S/C14H14NO2S/c1-2-14(16)17-12-9-18-13-8-7-10-5-3-4-6-11(10)15(12)13/h3-8,12H,2,9H2,1H3/q+1. The van der Waals surface area contributed by atoms with E-state index < -0.39 is 0 Å². The molecule has 3 nitrogen and oxygen atoms in total. The van der Waals surface area contributed by atoms with Crippen molar-refractivity contribution in [3.63, 3.8) is 0 Å². The molecule has 0 radical (unpaired) electrons. The highest BCUT2D eigenvalue weighted by molar-refractivity contribution is 7.99. The molecule has 1 aliphatic heterocycles. The molecule has 0 amide bonds. The maximum absolute atomic E-state index is 11.5. The number of para-hydroxylation sites is 1. The number of nitrogens with zero attached hydrogens (tertiary/aromatic N) is 1. The second kappa shape index (κ2) is 4.61. The maximum Gasteiger partial charge on any atom is 0.315 e. The lowest BCUT2D eigenvalue weighted by Crippen LogP contribution is -2.41. The molecule has 1 atom stereocenters. The van der Waals surface area contributed by atoms with Crippen LogP contribution in [0.5, 0.6) is 0 Å². The molecule has 4 heteroatoms. The summed E-state index contributed by atoms with van der Waals surface area (Å²) in [5.41, 5.74) is 1.12. The number of carbonyl (C=O) groups is 1. The maximum atomic E-state index is 11.5. The summed E-state index contributed by atoms with van der Waals surface area (Å²) in [6.45, 7) is 1.82. The van der Waals surface area contributed by atoms with Gasteiger partial charge in [0, 0.05) is 23.9 Å². The summed E-state index contributed by atoms with van der Waals surface area (Å²) in [7, 11) is 0. The summed E-state index contributed by atoms with van der Waals surface area (Å²) in [6, 6.07) is 12.4. The molecule has 0 N–H and O–H groups in total. The van der Waals surface area contributed by atoms with Gasteiger partial charge in [-0.2, -0.15) is 0 Å². The largest absolute Gasteiger partial charge is 0.401 e. The molecule has 0 saturated heterocycles. The topological polar surface area (TPSA) is 30.2 Å². The van der Waals surface area contributed by atoms with Crippen LogP contribution in [-0.2, 0) is 9.53 Å². The van der Waals surface area contributed by atoms with E-state index in [4.69, 9.17) is 4.74 Å². The van der Waals surface area contributed by atoms with Gasteiger partial charge in [-0.15, -0.1) is 4.57 Å². The summed E-state index contributed by atoms with van der Waals surface area (Å²) >= 11 is 1.73. The highest BCUT2D eigenvalue weighted by atomic mass is 32.2. The van der Waals surface area contributed by atoms with Crippen molar-refractivity contribution >= 4 is 28.6 Å². The zero-order chi connectivity index (χ0) is 12.5. The molecular weight excluding hydrogens is 246 g/mol. The molecule has 1 aromatic carbocycles. The monoisotopic (exact) mass is 260 g/mol. The molecule has 0 spiro atoms. The van der Waals surface area contributed by atoms with Gasteiger partial charge < -0.3 is 4.74 Å². The first-order valence-corrected chi connectivity index (χ1v) is 7.03. The average molecular weight is 260 g/mol. The lowest BCUT2D eigenvalue weighted by atomic mass is 10.2. The fraction of sp³-hybridized carbons (Fsp3) is 0.286. The van der Waals surface area contributed by atoms with Crippen LogP contribution in [0.1, 0.15) is 19.6 Å². The fourth-order valence-corrected chi connectivity index (χ4v) is 3.23. The fourth-order valence-electron chi connectivity index (χ4n) is 2.18. The van der Waals surface area contributed by atoms with Crippen LogP contribution in [-0.4, -0.2) is 11.7 Å². The van der Waals surface area contributed by atoms with Crippen molar-refractivity contribution in [1.29, 1.82) is 0 Å². The van der Waals surface area contributed by atoms with Gasteiger partial charge in [-0.1, -0.05) is 19.1 Å². The molecular formula is C14H14NO2S+. The smallest absolute Gasteiger partial charge is 0.315 e. The van der Waals surface area contributed by atoms with Crippen molar-refractivity contribution in [1.82, 2.24) is 0 Å². The normalized spacial score (nSPS) is 17.7. The SMILES string of the molecule is CCC(=O)OC1CSc2ccc3ccccc3[n+]21. The van der Waals surface area contributed by atoms with Crippen LogP contribution in [0.3, 0.4) is 0 Å². The summed E-state index contributed by atoms with van der Waals surface area (Å²) in [5.74, 6) is 0.647. The summed E-state index contributed by atoms with van der Waals surface area (Å²) in [4.78, 5) is 11.5. The Morgan fingerprint density at radius 2 is 2.22 bits per heavy atom. The Bertz CT molecular complexity index is 612. The molecule has 1 aromatic heterocycles. The van der Waals surface area contributed by atoms with Crippen LogP contribution in [0.4, 0.5) is 0 Å². The second-order valence-electron chi connectivity index (χ2n) is 4.21. The van der Waals surface area contributed by atoms with E-state index in [1.165, 1.54) is 5.39 Å². The minimum Gasteiger partial charge on any atom is -0.401 e. The first-order valence-electron chi connectivity index (χ1n) is 6.05. The molecule has 1 unspecified atom stereocenters. The molecule has 0 aliphatic carbocycles. The van der Waals surface area contributed by atoms with E-state index in [-0.39, 0.29) is 12.2 Å². The number of hydrogen-bond acceptors (Lipinski definition) is 3. The lowest BCUT2D eigenvalue weighted by Gasteiger charge is -2.08. The van der Waals surface area contributed by atoms with Gasteiger partial charge in [0.05, 0.1) is 0 Å². The van der Waals surface area contributed by atoms with E-state index in [1.54, 1.807) is 11.8 Å². The minimum absolute atomic E-state index is 0.145. The number of fused-ring (bicyclic) bond motifs is 3. The highest BCUT2D eigenvalue weighted by Gasteiger charge is 2.35. The van der Waals surface area contributed by atoms with Gasteiger partial charge in [0.25, 0.3) is 0 Å². The lowest BCUT2D eigenvalue weighted by molar-refractivity contribution is -0.755. The Labute approximate surface area is 110 Å². The predicted octanol–water partition coefficient (Wildman–Crippen LogP) is 2.68. The van der Waals surface area contributed by atoms with Crippen LogP contribution in [0.2, 0.25) is 0 Å². The van der Waals surface area contributed by atoms with E-state index in [0.717, 1.165) is 16.3 Å². The third-order valence-corrected chi connectivity index (χ3v) is 4.14. The van der Waals surface area contributed by atoms with Crippen molar-refractivity contribution in [3.05, 3.63) is 36.4 Å². The van der Waals surface area contributed by atoms with Crippen molar-refractivity contribution in [3.8, 4) is 0 Å². The third-order valence-electron chi connectivity index (χ3n) is 3.06. The third kappa shape index (κ3) is 1.86. The Kier molecular flexibility index (Phi) is 2.96. The Hall–Kier alpha value is -1.55. The van der Waals surface area contributed by atoms with Gasteiger partial charge in [-0.25, -0.2) is 0 Å². The molecule has 2 aromatic rings. The number of rotatable bonds is 2. The Morgan fingerprint density at radius 1 is 1.39 bits per heavy atom.